The molecule has 0 saturated heterocycles. The van der Waals surface area contributed by atoms with Gasteiger partial charge in [-0.15, -0.1) is 11.8 Å². The summed E-state index contributed by atoms with van der Waals surface area (Å²) in [6.45, 7) is 2.27. The molecule has 1 aliphatic carbocycles. The molecule has 0 aliphatic heterocycles. The molecule has 0 aromatic heterocycles. The highest BCUT2D eigenvalue weighted by molar-refractivity contribution is 7.99. The van der Waals surface area contributed by atoms with E-state index in [1.807, 2.05) is 24.3 Å². The van der Waals surface area contributed by atoms with Crippen LogP contribution < -0.4 is 0 Å². The van der Waals surface area contributed by atoms with Crippen molar-refractivity contribution >= 4 is 23.4 Å². The topological polar surface area (TPSA) is 29.5 Å². The Hall–Kier alpha value is -0.220. The minimum atomic E-state index is -0.441. The van der Waals surface area contributed by atoms with Crippen LogP contribution >= 0.6 is 23.4 Å². The Labute approximate surface area is 130 Å². The number of rotatable bonds is 5. The minimum Gasteiger partial charge on any atom is -0.389 e. The van der Waals surface area contributed by atoms with Crippen LogP contribution in [0.5, 0.6) is 0 Å². The minimum absolute atomic E-state index is 0.363. The van der Waals surface area contributed by atoms with Crippen LogP contribution in [0.4, 0.5) is 0 Å². The lowest BCUT2D eigenvalue weighted by atomic mass is 9.77. The first-order chi connectivity index (χ1) is 9.55. The first kappa shape index (κ1) is 16.2. The lowest BCUT2D eigenvalue weighted by Crippen LogP contribution is -2.48. The second-order valence-electron chi connectivity index (χ2n) is 5.74. The van der Waals surface area contributed by atoms with E-state index in [1.165, 1.54) is 0 Å². The maximum Gasteiger partial charge on any atom is 0.0944 e. The molecule has 0 heterocycles. The van der Waals surface area contributed by atoms with Gasteiger partial charge in [0.05, 0.1) is 11.7 Å². The number of hydrogen-bond donors (Lipinski definition) is 1. The Morgan fingerprint density at radius 2 is 2.15 bits per heavy atom. The molecule has 2 nitrogen and oxygen atoms in total. The summed E-state index contributed by atoms with van der Waals surface area (Å²) in [5, 5.41) is 11.3. The molecule has 1 fully saturated rings. The van der Waals surface area contributed by atoms with Gasteiger partial charge in [-0.2, -0.15) is 0 Å². The monoisotopic (exact) mass is 314 g/mol. The van der Waals surface area contributed by atoms with Crippen molar-refractivity contribution in [2.45, 2.75) is 49.2 Å². The van der Waals surface area contributed by atoms with Crippen LogP contribution in [-0.4, -0.2) is 29.7 Å². The maximum absolute atomic E-state index is 10.6. The number of aliphatic hydroxyl groups is 1. The van der Waals surface area contributed by atoms with Crippen molar-refractivity contribution in [2.75, 3.05) is 12.9 Å². The Balaban J connectivity index is 1.94. The molecule has 1 aliphatic rings. The van der Waals surface area contributed by atoms with E-state index in [4.69, 9.17) is 16.3 Å². The van der Waals surface area contributed by atoms with Gasteiger partial charge in [0.15, 0.2) is 0 Å². The number of thioether (sulfide) groups is 1. The summed E-state index contributed by atoms with van der Waals surface area (Å²) in [6, 6.07) is 7.75. The molecule has 1 aromatic rings. The van der Waals surface area contributed by atoms with E-state index in [1.54, 1.807) is 18.9 Å². The predicted molar refractivity (Wildman–Crippen MR) is 85.6 cm³/mol. The molecule has 0 radical (unpaired) electrons. The third kappa shape index (κ3) is 3.91. The van der Waals surface area contributed by atoms with Crippen LogP contribution in [0.1, 0.15) is 32.6 Å². The Morgan fingerprint density at radius 1 is 1.45 bits per heavy atom. The lowest BCUT2D eigenvalue weighted by Gasteiger charge is -2.41. The molecule has 0 bridgehead atoms. The van der Waals surface area contributed by atoms with Gasteiger partial charge in [0.25, 0.3) is 0 Å². The molecule has 112 valence electrons. The van der Waals surface area contributed by atoms with Gasteiger partial charge >= 0.3 is 0 Å². The average Bonchev–Trinajstić information content (AvgIpc) is 2.46. The lowest BCUT2D eigenvalue weighted by molar-refractivity contribution is -0.119. The molecule has 1 N–H and O–H groups in total. The van der Waals surface area contributed by atoms with Crippen LogP contribution in [-0.2, 0) is 4.74 Å². The second-order valence-corrected chi connectivity index (χ2v) is 7.27. The van der Waals surface area contributed by atoms with Crippen molar-refractivity contribution in [3.05, 3.63) is 29.3 Å². The van der Waals surface area contributed by atoms with Crippen LogP contribution in [0.25, 0.3) is 0 Å². The second kappa shape index (κ2) is 7.17. The number of halogens is 1. The predicted octanol–water partition coefficient (Wildman–Crippen LogP) is 4.39. The van der Waals surface area contributed by atoms with E-state index in [-0.39, 0.29) is 5.60 Å². The molecular weight excluding hydrogens is 292 g/mol. The van der Waals surface area contributed by atoms with Gasteiger partial charge in [-0.25, -0.2) is 0 Å². The van der Waals surface area contributed by atoms with Gasteiger partial charge in [-0.1, -0.05) is 24.6 Å². The number of hydrogen-bond acceptors (Lipinski definition) is 3. The van der Waals surface area contributed by atoms with Crippen molar-refractivity contribution in [1.29, 1.82) is 0 Å². The van der Waals surface area contributed by atoms with Crippen molar-refractivity contribution in [1.82, 2.24) is 0 Å². The summed E-state index contributed by atoms with van der Waals surface area (Å²) < 4.78 is 5.71. The zero-order chi connectivity index (χ0) is 14.6. The number of benzene rings is 1. The van der Waals surface area contributed by atoms with E-state index in [9.17, 15) is 5.11 Å². The van der Waals surface area contributed by atoms with Crippen LogP contribution in [0.15, 0.2) is 29.2 Å². The van der Waals surface area contributed by atoms with Gasteiger partial charge < -0.3 is 9.84 Å². The summed E-state index contributed by atoms with van der Waals surface area (Å²) in [5.74, 6) is 1.38. The molecule has 2 rings (SSSR count). The molecule has 1 saturated carbocycles. The zero-order valence-electron chi connectivity index (χ0n) is 12.1. The third-order valence-corrected chi connectivity index (χ3v) is 5.64. The average molecular weight is 315 g/mol. The highest BCUT2D eigenvalue weighted by atomic mass is 35.5. The highest BCUT2D eigenvalue weighted by Crippen LogP contribution is 2.38. The SMILES string of the molecule is COC1(C(O)CSc2cccc(Cl)c2)CCC(C)CC1. The summed E-state index contributed by atoms with van der Waals surface area (Å²) >= 11 is 7.62. The number of aliphatic hydroxyl groups excluding tert-OH is 1. The van der Waals surface area contributed by atoms with E-state index >= 15 is 0 Å². The number of methoxy groups -OCH3 is 1. The van der Waals surface area contributed by atoms with Crippen molar-refractivity contribution in [2.24, 2.45) is 5.92 Å². The Bertz CT molecular complexity index is 430. The molecule has 20 heavy (non-hydrogen) atoms. The van der Waals surface area contributed by atoms with Gasteiger partial charge in [-0.05, 0) is 49.8 Å². The Kier molecular flexibility index (Phi) is 5.79. The van der Waals surface area contributed by atoms with Crippen LogP contribution in [0.2, 0.25) is 5.02 Å². The highest BCUT2D eigenvalue weighted by Gasteiger charge is 2.40. The van der Waals surface area contributed by atoms with E-state index in [0.717, 1.165) is 41.5 Å². The van der Waals surface area contributed by atoms with Crippen molar-refractivity contribution < 1.29 is 9.84 Å². The normalized spacial score (nSPS) is 28.3. The Morgan fingerprint density at radius 3 is 2.75 bits per heavy atom. The van der Waals surface area contributed by atoms with Crippen LogP contribution in [0.3, 0.4) is 0 Å². The largest absolute Gasteiger partial charge is 0.389 e. The fourth-order valence-corrected chi connectivity index (χ4v) is 4.10. The molecular formula is C16H23ClO2S. The van der Waals surface area contributed by atoms with Gasteiger partial charge in [0.2, 0.25) is 0 Å². The quantitative estimate of drug-likeness (QED) is 0.817. The zero-order valence-corrected chi connectivity index (χ0v) is 13.7. The summed E-state index contributed by atoms with van der Waals surface area (Å²) in [7, 11) is 1.73. The smallest absolute Gasteiger partial charge is 0.0944 e. The van der Waals surface area contributed by atoms with Crippen LogP contribution in [0, 0.1) is 5.92 Å². The molecule has 0 spiro atoms. The standard InChI is InChI=1S/C16H23ClO2S/c1-12-6-8-16(19-2,9-7-12)15(18)11-20-14-5-3-4-13(17)10-14/h3-5,10,12,15,18H,6-9,11H2,1-2H3. The number of ether oxygens (including phenoxy) is 1. The fraction of sp³-hybridized carbons (Fsp3) is 0.625. The molecule has 0 amide bonds. The van der Waals surface area contributed by atoms with E-state index in [0.29, 0.717) is 5.75 Å². The van der Waals surface area contributed by atoms with Crippen molar-refractivity contribution in [3.63, 3.8) is 0 Å². The summed E-state index contributed by atoms with van der Waals surface area (Å²) in [6.07, 6.45) is 3.72. The molecule has 1 unspecified atom stereocenters. The maximum atomic E-state index is 10.6. The summed E-state index contributed by atoms with van der Waals surface area (Å²) in [4.78, 5) is 1.09. The van der Waals surface area contributed by atoms with E-state index in [2.05, 4.69) is 6.92 Å². The first-order valence-corrected chi connectivity index (χ1v) is 8.54. The van der Waals surface area contributed by atoms with Gasteiger partial charge in [0, 0.05) is 22.8 Å². The van der Waals surface area contributed by atoms with Gasteiger partial charge in [0.1, 0.15) is 0 Å². The van der Waals surface area contributed by atoms with Gasteiger partial charge in [-0.3, -0.25) is 0 Å². The third-order valence-electron chi connectivity index (χ3n) is 4.34. The first-order valence-electron chi connectivity index (χ1n) is 7.17. The fourth-order valence-electron chi connectivity index (χ4n) is 2.81. The summed E-state index contributed by atoms with van der Waals surface area (Å²) in [5.41, 5.74) is -0.363. The molecule has 1 aromatic carbocycles. The van der Waals surface area contributed by atoms with E-state index < -0.39 is 6.10 Å². The molecule has 4 heteroatoms. The molecule has 1 atom stereocenters. The van der Waals surface area contributed by atoms with Crippen molar-refractivity contribution in [3.8, 4) is 0 Å².